The van der Waals surface area contributed by atoms with Gasteiger partial charge in [-0.2, -0.15) is 0 Å². The first-order valence-electron chi connectivity index (χ1n) is 6.85. The summed E-state index contributed by atoms with van der Waals surface area (Å²) in [5.74, 6) is 0.581. The predicted molar refractivity (Wildman–Crippen MR) is 73.0 cm³/mol. The van der Waals surface area contributed by atoms with Crippen LogP contribution in [0.15, 0.2) is 24.3 Å². The molecule has 1 aromatic carbocycles. The lowest BCUT2D eigenvalue weighted by atomic mass is 10.1. The quantitative estimate of drug-likeness (QED) is 0.856. The lowest BCUT2D eigenvalue weighted by Crippen LogP contribution is -2.36. The van der Waals surface area contributed by atoms with Gasteiger partial charge < -0.3 is 15.2 Å². The Labute approximate surface area is 113 Å². The van der Waals surface area contributed by atoms with Crippen LogP contribution in [-0.4, -0.2) is 23.7 Å². The first-order valence-corrected chi connectivity index (χ1v) is 6.85. The number of nitrogens with one attached hydrogen (secondary N) is 1. The minimum Gasteiger partial charge on any atom is -0.484 e. The van der Waals surface area contributed by atoms with E-state index in [1.165, 1.54) is 12.8 Å². The van der Waals surface area contributed by atoms with Gasteiger partial charge in [-0.3, -0.25) is 4.79 Å². The molecule has 4 nitrogen and oxygen atoms in total. The van der Waals surface area contributed by atoms with Crippen LogP contribution in [-0.2, 0) is 4.79 Å². The van der Waals surface area contributed by atoms with Crippen molar-refractivity contribution in [3.8, 4) is 5.75 Å². The third-order valence-electron chi connectivity index (χ3n) is 3.45. The highest BCUT2D eigenvalue weighted by atomic mass is 16.5. The smallest absolute Gasteiger partial charge is 0.258 e. The number of benzene rings is 1. The van der Waals surface area contributed by atoms with Crippen molar-refractivity contribution in [2.45, 2.75) is 44.8 Å². The van der Waals surface area contributed by atoms with E-state index in [9.17, 15) is 9.90 Å². The maximum atomic E-state index is 11.7. The Hall–Kier alpha value is -1.55. The summed E-state index contributed by atoms with van der Waals surface area (Å²) in [7, 11) is 0. The zero-order valence-corrected chi connectivity index (χ0v) is 11.3. The average Bonchev–Trinajstić information content (AvgIpc) is 2.89. The van der Waals surface area contributed by atoms with Crippen molar-refractivity contribution in [1.82, 2.24) is 5.32 Å². The molecule has 2 N–H and O–H groups in total. The molecule has 0 heterocycles. The third-order valence-corrected chi connectivity index (χ3v) is 3.45. The molecule has 2 rings (SSSR count). The van der Waals surface area contributed by atoms with Crippen molar-refractivity contribution < 1.29 is 14.6 Å². The summed E-state index contributed by atoms with van der Waals surface area (Å²) in [6.07, 6.45) is 4.07. The number of aliphatic hydroxyl groups is 1. The molecule has 1 aliphatic rings. The van der Waals surface area contributed by atoms with E-state index < -0.39 is 6.10 Å². The Balaban J connectivity index is 1.76. The van der Waals surface area contributed by atoms with E-state index in [0.29, 0.717) is 11.8 Å². The highest BCUT2D eigenvalue weighted by molar-refractivity contribution is 5.77. The van der Waals surface area contributed by atoms with Crippen molar-refractivity contribution in [1.29, 1.82) is 0 Å². The van der Waals surface area contributed by atoms with Gasteiger partial charge >= 0.3 is 0 Å². The van der Waals surface area contributed by atoms with Gasteiger partial charge in [-0.15, -0.1) is 0 Å². The summed E-state index contributed by atoms with van der Waals surface area (Å²) in [6, 6.07) is 7.47. The third kappa shape index (κ3) is 4.24. The molecule has 1 unspecified atom stereocenters. The van der Waals surface area contributed by atoms with E-state index in [0.717, 1.165) is 18.4 Å². The molecule has 1 fully saturated rings. The molecule has 0 bridgehead atoms. The van der Waals surface area contributed by atoms with E-state index in [1.54, 1.807) is 31.2 Å². The normalized spacial score (nSPS) is 17.2. The topological polar surface area (TPSA) is 58.6 Å². The summed E-state index contributed by atoms with van der Waals surface area (Å²) in [6.45, 7) is 1.76. The Morgan fingerprint density at radius 2 is 2.00 bits per heavy atom. The van der Waals surface area contributed by atoms with Gasteiger partial charge in [0.05, 0.1) is 6.10 Å². The maximum Gasteiger partial charge on any atom is 0.258 e. The number of hydrogen-bond donors (Lipinski definition) is 2. The van der Waals surface area contributed by atoms with Crippen molar-refractivity contribution in [2.24, 2.45) is 0 Å². The molecule has 1 aliphatic carbocycles. The van der Waals surface area contributed by atoms with Crippen LogP contribution in [0.3, 0.4) is 0 Å². The van der Waals surface area contributed by atoms with Crippen LogP contribution in [0.4, 0.5) is 0 Å². The summed E-state index contributed by atoms with van der Waals surface area (Å²) >= 11 is 0. The number of aliphatic hydroxyl groups excluding tert-OH is 1. The lowest BCUT2D eigenvalue weighted by Gasteiger charge is -2.12. The summed E-state index contributed by atoms with van der Waals surface area (Å²) < 4.78 is 5.42. The first kappa shape index (κ1) is 13.9. The molecule has 1 saturated carbocycles. The highest BCUT2D eigenvalue weighted by Crippen LogP contribution is 2.18. The van der Waals surface area contributed by atoms with E-state index in [-0.39, 0.29) is 12.5 Å². The second-order valence-corrected chi connectivity index (χ2v) is 5.08. The van der Waals surface area contributed by atoms with Crippen LogP contribution in [0, 0.1) is 0 Å². The fourth-order valence-electron chi connectivity index (χ4n) is 2.33. The molecular formula is C15H21NO3. The van der Waals surface area contributed by atoms with Gasteiger partial charge in [-0.1, -0.05) is 25.0 Å². The molecular weight excluding hydrogens is 242 g/mol. The van der Waals surface area contributed by atoms with Crippen molar-refractivity contribution >= 4 is 5.91 Å². The van der Waals surface area contributed by atoms with Crippen LogP contribution in [0.1, 0.15) is 44.3 Å². The van der Waals surface area contributed by atoms with Crippen LogP contribution in [0.5, 0.6) is 5.75 Å². The van der Waals surface area contributed by atoms with Gasteiger partial charge in [0.1, 0.15) is 5.75 Å². The zero-order chi connectivity index (χ0) is 13.7. The zero-order valence-electron chi connectivity index (χ0n) is 11.3. The molecule has 1 atom stereocenters. The number of hydrogen-bond acceptors (Lipinski definition) is 3. The minimum atomic E-state index is -0.486. The van der Waals surface area contributed by atoms with Crippen LogP contribution in [0.25, 0.3) is 0 Å². The van der Waals surface area contributed by atoms with E-state index >= 15 is 0 Å². The van der Waals surface area contributed by atoms with Gasteiger partial charge in [0, 0.05) is 6.04 Å². The standard InChI is InChI=1S/C15H21NO3/c1-11(17)12-6-8-14(9-7-12)19-10-15(18)16-13-4-2-3-5-13/h6-9,11,13,17H,2-5,10H2,1H3,(H,16,18). The number of rotatable bonds is 5. The Kier molecular flexibility index (Phi) is 4.80. The summed E-state index contributed by atoms with van der Waals surface area (Å²) in [5, 5.41) is 12.4. The molecule has 1 aromatic rings. The van der Waals surface area contributed by atoms with E-state index in [2.05, 4.69) is 5.32 Å². The predicted octanol–water partition coefficient (Wildman–Crippen LogP) is 2.18. The van der Waals surface area contributed by atoms with Crippen molar-refractivity contribution in [3.63, 3.8) is 0 Å². The molecule has 0 aromatic heterocycles. The average molecular weight is 263 g/mol. The van der Waals surface area contributed by atoms with Gasteiger partial charge in [0.15, 0.2) is 6.61 Å². The van der Waals surface area contributed by atoms with Crippen LogP contribution >= 0.6 is 0 Å². The first-order chi connectivity index (χ1) is 9.15. The second-order valence-electron chi connectivity index (χ2n) is 5.08. The largest absolute Gasteiger partial charge is 0.484 e. The molecule has 19 heavy (non-hydrogen) atoms. The monoisotopic (exact) mass is 263 g/mol. The second kappa shape index (κ2) is 6.57. The Bertz CT molecular complexity index is 408. The van der Waals surface area contributed by atoms with Crippen LogP contribution in [0.2, 0.25) is 0 Å². The number of carbonyl (C=O) groups excluding carboxylic acids is 1. The summed E-state index contributed by atoms with van der Waals surface area (Å²) in [4.78, 5) is 11.7. The molecule has 104 valence electrons. The van der Waals surface area contributed by atoms with E-state index in [4.69, 9.17) is 4.74 Å². The molecule has 0 radical (unpaired) electrons. The lowest BCUT2D eigenvalue weighted by molar-refractivity contribution is -0.123. The SMILES string of the molecule is CC(O)c1ccc(OCC(=O)NC2CCCC2)cc1. The van der Waals surface area contributed by atoms with E-state index in [1.807, 2.05) is 0 Å². The molecule has 0 aliphatic heterocycles. The van der Waals surface area contributed by atoms with Crippen LogP contribution < -0.4 is 10.1 Å². The summed E-state index contributed by atoms with van der Waals surface area (Å²) in [5.41, 5.74) is 0.836. The van der Waals surface area contributed by atoms with Gasteiger partial charge in [0.2, 0.25) is 0 Å². The fourth-order valence-corrected chi connectivity index (χ4v) is 2.33. The Morgan fingerprint density at radius 3 is 2.58 bits per heavy atom. The number of ether oxygens (including phenoxy) is 1. The maximum absolute atomic E-state index is 11.7. The van der Waals surface area contributed by atoms with Gasteiger partial charge in [-0.05, 0) is 37.5 Å². The van der Waals surface area contributed by atoms with Crippen molar-refractivity contribution in [3.05, 3.63) is 29.8 Å². The molecule has 0 spiro atoms. The van der Waals surface area contributed by atoms with Gasteiger partial charge in [-0.25, -0.2) is 0 Å². The molecule has 4 heteroatoms. The number of carbonyl (C=O) groups is 1. The highest BCUT2D eigenvalue weighted by Gasteiger charge is 2.17. The van der Waals surface area contributed by atoms with Crippen molar-refractivity contribution in [2.75, 3.05) is 6.61 Å². The van der Waals surface area contributed by atoms with Gasteiger partial charge in [0.25, 0.3) is 5.91 Å². The number of amides is 1. The molecule has 0 saturated heterocycles. The Morgan fingerprint density at radius 1 is 1.37 bits per heavy atom. The molecule has 1 amide bonds. The minimum absolute atomic E-state index is 0.0462. The fraction of sp³-hybridized carbons (Fsp3) is 0.533.